The Hall–Kier alpha value is -0.800. The molecule has 0 radical (unpaired) electrons. The minimum absolute atomic E-state index is 0.00178. The average molecular weight is 216 g/mol. The van der Waals surface area contributed by atoms with Crippen LogP contribution in [0.15, 0.2) is 18.2 Å². The molecule has 0 bridgehead atoms. The number of halogens is 1. The number of nitrogens with zero attached hydrogens (tertiary/aromatic N) is 1. The van der Waals surface area contributed by atoms with Gasteiger partial charge in [0.2, 0.25) is 5.88 Å². The van der Waals surface area contributed by atoms with Crippen LogP contribution in [-0.4, -0.2) is 24.8 Å². The van der Waals surface area contributed by atoms with Crippen LogP contribution in [0.4, 0.5) is 0 Å². The zero-order valence-electron chi connectivity index (χ0n) is 8.37. The fourth-order valence-electron chi connectivity index (χ4n) is 1.07. The van der Waals surface area contributed by atoms with Crippen molar-refractivity contribution in [3.63, 3.8) is 0 Å². The summed E-state index contributed by atoms with van der Waals surface area (Å²) in [6.45, 7) is 2.48. The monoisotopic (exact) mass is 215 g/mol. The molecule has 1 aromatic heterocycles. The molecular weight excluding hydrogens is 202 g/mol. The molecule has 0 aliphatic carbocycles. The highest BCUT2D eigenvalue weighted by molar-refractivity contribution is 6.16. The Kier molecular flexibility index (Phi) is 4.70. The van der Waals surface area contributed by atoms with E-state index < -0.39 is 0 Å². The number of ether oxygens (including phenoxy) is 2. The van der Waals surface area contributed by atoms with Gasteiger partial charge >= 0.3 is 0 Å². The first-order valence-corrected chi connectivity index (χ1v) is 4.97. The van der Waals surface area contributed by atoms with Crippen LogP contribution in [0.2, 0.25) is 0 Å². The number of rotatable bonds is 5. The van der Waals surface area contributed by atoms with Crippen LogP contribution in [0.25, 0.3) is 0 Å². The topological polar surface area (TPSA) is 31.4 Å². The highest BCUT2D eigenvalue weighted by Crippen LogP contribution is 2.11. The van der Waals surface area contributed by atoms with E-state index in [0.29, 0.717) is 18.4 Å². The standard InChI is InChI=1S/C10H14ClNO2/c1-8(7-13-2)14-10-5-3-4-9(6-11)12-10/h3-5,8H,6-7H2,1-2H3. The summed E-state index contributed by atoms with van der Waals surface area (Å²) in [7, 11) is 1.64. The zero-order valence-corrected chi connectivity index (χ0v) is 9.12. The first kappa shape index (κ1) is 11.3. The smallest absolute Gasteiger partial charge is 0.213 e. The summed E-state index contributed by atoms with van der Waals surface area (Å²) in [6.07, 6.45) is -0.00178. The van der Waals surface area contributed by atoms with Gasteiger partial charge in [-0.25, -0.2) is 4.98 Å². The number of methoxy groups -OCH3 is 1. The van der Waals surface area contributed by atoms with Crippen molar-refractivity contribution in [3.8, 4) is 5.88 Å². The van der Waals surface area contributed by atoms with Gasteiger partial charge in [-0.3, -0.25) is 0 Å². The average Bonchev–Trinajstić information content (AvgIpc) is 2.18. The lowest BCUT2D eigenvalue weighted by atomic mass is 10.4. The van der Waals surface area contributed by atoms with Crippen molar-refractivity contribution in [2.45, 2.75) is 18.9 Å². The maximum atomic E-state index is 5.65. The van der Waals surface area contributed by atoms with Gasteiger partial charge in [-0.05, 0) is 13.0 Å². The van der Waals surface area contributed by atoms with Crippen molar-refractivity contribution in [1.82, 2.24) is 4.98 Å². The summed E-state index contributed by atoms with van der Waals surface area (Å²) in [5.74, 6) is 0.989. The van der Waals surface area contributed by atoms with E-state index in [9.17, 15) is 0 Å². The molecule has 14 heavy (non-hydrogen) atoms. The van der Waals surface area contributed by atoms with E-state index in [1.165, 1.54) is 0 Å². The highest BCUT2D eigenvalue weighted by atomic mass is 35.5. The third-order valence-corrected chi connectivity index (χ3v) is 1.92. The molecule has 1 rings (SSSR count). The number of hydrogen-bond donors (Lipinski definition) is 0. The van der Waals surface area contributed by atoms with E-state index in [2.05, 4.69) is 4.98 Å². The van der Waals surface area contributed by atoms with Crippen molar-refractivity contribution in [2.24, 2.45) is 0 Å². The van der Waals surface area contributed by atoms with Crippen LogP contribution in [-0.2, 0) is 10.6 Å². The van der Waals surface area contributed by atoms with Crippen molar-refractivity contribution in [1.29, 1.82) is 0 Å². The van der Waals surface area contributed by atoms with Crippen molar-refractivity contribution in [2.75, 3.05) is 13.7 Å². The third-order valence-electron chi connectivity index (χ3n) is 1.64. The molecular formula is C10H14ClNO2. The Balaban J connectivity index is 2.57. The minimum atomic E-state index is -0.00178. The van der Waals surface area contributed by atoms with Gasteiger partial charge in [-0.15, -0.1) is 11.6 Å². The van der Waals surface area contributed by atoms with Gasteiger partial charge in [0.15, 0.2) is 0 Å². The molecule has 4 heteroatoms. The van der Waals surface area contributed by atoms with Crippen LogP contribution >= 0.6 is 11.6 Å². The summed E-state index contributed by atoms with van der Waals surface area (Å²) in [5, 5.41) is 0. The SMILES string of the molecule is COCC(C)Oc1cccc(CCl)n1. The Labute approximate surface area is 89.0 Å². The summed E-state index contributed by atoms with van der Waals surface area (Å²) < 4.78 is 10.5. The lowest BCUT2D eigenvalue weighted by molar-refractivity contribution is 0.0889. The fourth-order valence-corrected chi connectivity index (χ4v) is 1.22. The second-order valence-corrected chi connectivity index (χ2v) is 3.25. The second-order valence-electron chi connectivity index (χ2n) is 2.98. The number of pyridine rings is 1. The normalized spacial score (nSPS) is 12.5. The first-order valence-electron chi connectivity index (χ1n) is 4.43. The van der Waals surface area contributed by atoms with E-state index >= 15 is 0 Å². The van der Waals surface area contributed by atoms with E-state index in [1.54, 1.807) is 7.11 Å². The quantitative estimate of drug-likeness (QED) is 0.706. The first-order chi connectivity index (χ1) is 6.76. The summed E-state index contributed by atoms with van der Waals surface area (Å²) in [4.78, 5) is 4.20. The van der Waals surface area contributed by atoms with Gasteiger partial charge in [0.05, 0.1) is 18.2 Å². The van der Waals surface area contributed by atoms with Crippen LogP contribution in [0.3, 0.4) is 0 Å². The Bertz CT molecular complexity index is 281. The predicted molar refractivity (Wildman–Crippen MR) is 55.8 cm³/mol. The molecule has 0 aromatic carbocycles. The van der Waals surface area contributed by atoms with Gasteiger partial charge in [0, 0.05) is 13.2 Å². The lowest BCUT2D eigenvalue weighted by Gasteiger charge is -2.12. The van der Waals surface area contributed by atoms with Crippen LogP contribution in [0.1, 0.15) is 12.6 Å². The summed E-state index contributed by atoms with van der Waals surface area (Å²) in [6, 6.07) is 5.54. The van der Waals surface area contributed by atoms with Crippen molar-refractivity contribution in [3.05, 3.63) is 23.9 Å². The second kappa shape index (κ2) is 5.83. The molecule has 0 aliphatic rings. The van der Waals surface area contributed by atoms with Crippen LogP contribution in [0.5, 0.6) is 5.88 Å². The third kappa shape index (κ3) is 3.52. The highest BCUT2D eigenvalue weighted by Gasteiger charge is 2.04. The van der Waals surface area contributed by atoms with Gasteiger partial charge < -0.3 is 9.47 Å². The van der Waals surface area contributed by atoms with Crippen LogP contribution < -0.4 is 4.74 Å². The van der Waals surface area contributed by atoms with Crippen LogP contribution in [0, 0.1) is 0 Å². The van der Waals surface area contributed by atoms with E-state index in [0.717, 1.165) is 5.69 Å². The Morgan fingerprint density at radius 1 is 1.50 bits per heavy atom. The molecule has 0 amide bonds. The molecule has 1 atom stereocenters. The Morgan fingerprint density at radius 2 is 2.29 bits per heavy atom. The molecule has 1 heterocycles. The minimum Gasteiger partial charge on any atom is -0.472 e. The molecule has 1 aromatic rings. The summed E-state index contributed by atoms with van der Waals surface area (Å²) >= 11 is 5.65. The number of aromatic nitrogens is 1. The maximum Gasteiger partial charge on any atom is 0.213 e. The molecule has 78 valence electrons. The van der Waals surface area contributed by atoms with Gasteiger partial charge in [-0.2, -0.15) is 0 Å². The molecule has 3 nitrogen and oxygen atoms in total. The number of alkyl halides is 1. The van der Waals surface area contributed by atoms with E-state index in [4.69, 9.17) is 21.1 Å². The van der Waals surface area contributed by atoms with Gasteiger partial charge in [0.25, 0.3) is 0 Å². The zero-order chi connectivity index (χ0) is 10.4. The van der Waals surface area contributed by atoms with E-state index in [-0.39, 0.29) is 6.10 Å². The fraction of sp³-hybridized carbons (Fsp3) is 0.500. The maximum absolute atomic E-state index is 5.65. The largest absolute Gasteiger partial charge is 0.472 e. The molecule has 0 N–H and O–H groups in total. The van der Waals surface area contributed by atoms with E-state index in [1.807, 2.05) is 25.1 Å². The number of hydrogen-bond acceptors (Lipinski definition) is 3. The van der Waals surface area contributed by atoms with Gasteiger partial charge in [0.1, 0.15) is 6.10 Å². The molecule has 0 saturated heterocycles. The molecule has 0 spiro atoms. The lowest BCUT2D eigenvalue weighted by Crippen LogP contribution is -2.18. The van der Waals surface area contributed by atoms with Crippen molar-refractivity contribution < 1.29 is 9.47 Å². The van der Waals surface area contributed by atoms with Gasteiger partial charge in [-0.1, -0.05) is 6.07 Å². The Morgan fingerprint density at radius 3 is 2.93 bits per heavy atom. The molecule has 0 fully saturated rings. The van der Waals surface area contributed by atoms with Crippen molar-refractivity contribution >= 4 is 11.6 Å². The molecule has 0 saturated carbocycles. The molecule has 0 aliphatic heterocycles. The predicted octanol–water partition coefficient (Wildman–Crippen LogP) is 2.23. The molecule has 1 unspecified atom stereocenters. The summed E-state index contributed by atoms with van der Waals surface area (Å²) in [5.41, 5.74) is 0.814.